The summed E-state index contributed by atoms with van der Waals surface area (Å²) in [6, 6.07) is 8.61. The van der Waals surface area contributed by atoms with Gasteiger partial charge < -0.3 is 14.6 Å². The molecule has 2 aromatic rings. The van der Waals surface area contributed by atoms with Crippen LogP contribution in [-0.4, -0.2) is 17.7 Å². The lowest BCUT2D eigenvalue weighted by atomic mass is 10.1. The Hall–Kier alpha value is -1.32. The fraction of sp³-hybridized carbons (Fsp3) is 0.429. The Balaban J connectivity index is 2.17. The van der Waals surface area contributed by atoms with Crippen LogP contribution >= 0.6 is 0 Å². The first-order valence-corrected chi connectivity index (χ1v) is 6.29. The molecule has 0 spiro atoms. The van der Waals surface area contributed by atoms with Crippen molar-refractivity contribution in [1.82, 2.24) is 9.88 Å². The number of para-hydroxylation sites is 1. The van der Waals surface area contributed by atoms with E-state index in [1.807, 2.05) is 6.92 Å². The largest absolute Gasteiger partial charge is 0.361 e. The molecule has 0 aliphatic carbocycles. The third kappa shape index (κ3) is 1.75. The van der Waals surface area contributed by atoms with Crippen LogP contribution in [0, 0.1) is 0 Å². The van der Waals surface area contributed by atoms with Crippen LogP contribution in [0.2, 0.25) is 0 Å². The number of benzene rings is 1. The van der Waals surface area contributed by atoms with Crippen molar-refractivity contribution in [3.63, 3.8) is 0 Å². The van der Waals surface area contributed by atoms with Crippen LogP contribution in [-0.2, 0) is 24.4 Å². The van der Waals surface area contributed by atoms with Gasteiger partial charge in [0.1, 0.15) is 6.73 Å². The highest BCUT2D eigenvalue weighted by atomic mass is 16.5. The van der Waals surface area contributed by atoms with Gasteiger partial charge in [0.2, 0.25) is 0 Å². The first-order valence-electron chi connectivity index (χ1n) is 6.29. The lowest BCUT2D eigenvalue weighted by Gasteiger charge is -2.16. The smallest absolute Gasteiger partial charge is 0.123 e. The third-order valence-electron chi connectivity index (χ3n) is 3.46. The van der Waals surface area contributed by atoms with E-state index in [1.54, 1.807) is 0 Å². The molecule has 3 rings (SSSR count). The summed E-state index contributed by atoms with van der Waals surface area (Å²) in [6.45, 7) is 5.52. The van der Waals surface area contributed by atoms with Crippen LogP contribution in [0.3, 0.4) is 0 Å². The topological polar surface area (TPSA) is 26.2 Å². The van der Waals surface area contributed by atoms with Gasteiger partial charge in [0.15, 0.2) is 0 Å². The minimum atomic E-state index is 0.673. The van der Waals surface area contributed by atoms with Crippen LogP contribution in [0.15, 0.2) is 24.3 Å². The maximum Gasteiger partial charge on any atom is 0.123 e. The van der Waals surface area contributed by atoms with Crippen molar-refractivity contribution in [2.45, 2.75) is 26.6 Å². The van der Waals surface area contributed by atoms with Gasteiger partial charge in [-0.25, -0.2) is 0 Å². The molecule has 0 unspecified atom stereocenters. The number of fused-ring (bicyclic) bond motifs is 3. The Morgan fingerprint density at radius 2 is 2.24 bits per heavy atom. The highest BCUT2D eigenvalue weighted by Gasteiger charge is 2.18. The summed E-state index contributed by atoms with van der Waals surface area (Å²) < 4.78 is 7.92. The van der Waals surface area contributed by atoms with Crippen LogP contribution in [0.5, 0.6) is 0 Å². The molecule has 0 saturated carbocycles. The fourth-order valence-corrected chi connectivity index (χ4v) is 2.66. The molecular formula is C14H18N2O. The number of aromatic nitrogens is 1. The number of rotatable bonds is 3. The van der Waals surface area contributed by atoms with E-state index in [2.05, 4.69) is 34.1 Å². The molecule has 17 heavy (non-hydrogen) atoms. The number of hydrogen-bond donors (Lipinski definition) is 1. The molecule has 0 bridgehead atoms. The number of nitrogens with zero attached hydrogens (tertiary/aromatic N) is 1. The average Bonchev–Trinajstić information content (AvgIpc) is 2.71. The molecule has 1 aromatic heterocycles. The van der Waals surface area contributed by atoms with E-state index in [0.29, 0.717) is 6.73 Å². The molecule has 0 atom stereocenters. The summed E-state index contributed by atoms with van der Waals surface area (Å²) in [5.74, 6) is 0. The molecular weight excluding hydrogens is 212 g/mol. The lowest BCUT2D eigenvalue weighted by molar-refractivity contribution is 0.0887. The Bertz CT molecular complexity index is 530. The Kier molecular flexibility index (Phi) is 2.87. The van der Waals surface area contributed by atoms with Crippen molar-refractivity contribution in [1.29, 1.82) is 0 Å². The van der Waals surface area contributed by atoms with E-state index in [-0.39, 0.29) is 0 Å². The summed E-state index contributed by atoms with van der Waals surface area (Å²) in [6.07, 6.45) is 1.09. The Morgan fingerprint density at radius 1 is 1.35 bits per heavy atom. The third-order valence-corrected chi connectivity index (χ3v) is 3.46. The van der Waals surface area contributed by atoms with Gasteiger partial charge in [-0.05, 0) is 18.6 Å². The maximum atomic E-state index is 5.59. The van der Waals surface area contributed by atoms with E-state index in [4.69, 9.17) is 4.74 Å². The normalized spacial score (nSPS) is 15.1. The monoisotopic (exact) mass is 230 g/mol. The zero-order chi connectivity index (χ0) is 11.7. The SMILES string of the molecule is CCOCn1c2c(c3ccccc31)CNCC2. The average molecular weight is 230 g/mol. The minimum Gasteiger partial charge on any atom is -0.361 e. The highest BCUT2D eigenvalue weighted by Crippen LogP contribution is 2.28. The highest BCUT2D eigenvalue weighted by molar-refractivity contribution is 5.85. The molecule has 1 aromatic carbocycles. The molecule has 0 saturated heterocycles. The van der Waals surface area contributed by atoms with E-state index in [9.17, 15) is 0 Å². The fourth-order valence-electron chi connectivity index (χ4n) is 2.66. The van der Waals surface area contributed by atoms with Crippen molar-refractivity contribution in [2.75, 3.05) is 13.2 Å². The van der Waals surface area contributed by atoms with Crippen molar-refractivity contribution in [3.05, 3.63) is 35.5 Å². The van der Waals surface area contributed by atoms with E-state index >= 15 is 0 Å². The van der Waals surface area contributed by atoms with Crippen LogP contribution < -0.4 is 5.32 Å². The van der Waals surface area contributed by atoms with E-state index < -0.39 is 0 Å². The number of ether oxygens (including phenoxy) is 1. The standard InChI is InChI=1S/C14H18N2O/c1-2-17-10-16-13-6-4-3-5-11(13)12-9-15-8-7-14(12)16/h3-6,15H,2,7-10H2,1H3. The molecule has 1 N–H and O–H groups in total. The van der Waals surface area contributed by atoms with Gasteiger partial charge in [0.05, 0.1) is 5.52 Å². The van der Waals surface area contributed by atoms with Crippen molar-refractivity contribution >= 4 is 10.9 Å². The molecule has 0 fully saturated rings. The number of hydrogen-bond acceptors (Lipinski definition) is 2. The summed E-state index contributed by atoms with van der Waals surface area (Å²) in [4.78, 5) is 0. The maximum absolute atomic E-state index is 5.59. The van der Waals surface area contributed by atoms with Gasteiger partial charge in [-0.1, -0.05) is 18.2 Å². The molecule has 3 heteroatoms. The van der Waals surface area contributed by atoms with Crippen LogP contribution in [0.25, 0.3) is 10.9 Å². The predicted octanol–water partition coefficient (Wildman–Crippen LogP) is 2.28. The van der Waals surface area contributed by atoms with E-state index in [1.165, 1.54) is 22.2 Å². The van der Waals surface area contributed by atoms with Gasteiger partial charge in [-0.15, -0.1) is 0 Å². The summed E-state index contributed by atoms with van der Waals surface area (Å²) in [7, 11) is 0. The minimum absolute atomic E-state index is 0.673. The first kappa shape index (κ1) is 10.8. The molecule has 3 nitrogen and oxygen atoms in total. The van der Waals surface area contributed by atoms with Crippen LogP contribution in [0.1, 0.15) is 18.2 Å². The summed E-state index contributed by atoms with van der Waals surface area (Å²) in [5.41, 5.74) is 4.19. The zero-order valence-electron chi connectivity index (χ0n) is 10.2. The summed E-state index contributed by atoms with van der Waals surface area (Å²) >= 11 is 0. The van der Waals surface area contributed by atoms with Crippen molar-refractivity contribution in [3.8, 4) is 0 Å². The van der Waals surface area contributed by atoms with Gasteiger partial charge in [0.25, 0.3) is 0 Å². The molecule has 1 aliphatic heterocycles. The van der Waals surface area contributed by atoms with Gasteiger partial charge in [0, 0.05) is 37.2 Å². The molecule has 0 radical (unpaired) electrons. The molecule has 90 valence electrons. The van der Waals surface area contributed by atoms with Gasteiger partial charge >= 0.3 is 0 Å². The molecule has 2 heterocycles. The summed E-state index contributed by atoms with van der Waals surface area (Å²) in [5, 5.41) is 4.82. The second kappa shape index (κ2) is 4.51. The Labute approximate surface area is 101 Å². The second-order valence-electron chi connectivity index (χ2n) is 4.42. The first-order chi connectivity index (χ1) is 8.42. The predicted molar refractivity (Wildman–Crippen MR) is 69.0 cm³/mol. The lowest BCUT2D eigenvalue weighted by Crippen LogP contribution is -2.25. The van der Waals surface area contributed by atoms with Gasteiger partial charge in [-0.2, -0.15) is 0 Å². The quantitative estimate of drug-likeness (QED) is 0.875. The second-order valence-corrected chi connectivity index (χ2v) is 4.42. The Morgan fingerprint density at radius 3 is 3.12 bits per heavy atom. The zero-order valence-corrected chi connectivity index (χ0v) is 10.2. The molecule has 1 aliphatic rings. The van der Waals surface area contributed by atoms with Gasteiger partial charge in [-0.3, -0.25) is 0 Å². The van der Waals surface area contributed by atoms with Crippen molar-refractivity contribution in [2.24, 2.45) is 0 Å². The molecule has 0 amide bonds. The number of nitrogens with one attached hydrogen (secondary N) is 1. The van der Waals surface area contributed by atoms with E-state index in [0.717, 1.165) is 26.1 Å². The van der Waals surface area contributed by atoms with Crippen LogP contribution in [0.4, 0.5) is 0 Å². The van der Waals surface area contributed by atoms with Crippen molar-refractivity contribution < 1.29 is 4.74 Å².